The Hall–Kier alpha value is -4.55. The Kier molecular flexibility index (Phi) is 7.72. The van der Waals surface area contributed by atoms with Crippen LogP contribution in [0.4, 0.5) is 15.8 Å². The summed E-state index contributed by atoms with van der Waals surface area (Å²) in [7, 11) is 0. The van der Waals surface area contributed by atoms with Crippen LogP contribution in [0.5, 0.6) is 11.5 Å². The van der Waals surface area contributed by atoms with Crippen LogP contribution in [0.25, 0.3) is 10.2 Å². The summed E-state index contributed by atoms with van der Waals surface area (Å²) in [5.41, 5.74) is 1.49. The number of nitrogens with one attached hydrogen (secondary N) is 2. The van der Waals surface area contributed by atoms with Crippen molar-refractivity contribution in [1.82, 2.24) is 14.8 Å². The Morgan fingerprint density at radius 3 is 2.50 bits per heavy atom. The summed E-state index contributed by atoms with van der Waals surface area (Å²) in [5.74, 6) is -0.379. The molecule has 3 amide bonds. The topological polar surface area (TPSA) is 113 Å². The third kappa shape index (κ3) is 6.04. The summed E-state index contributed by atoms with van der Waals surface area (Å²) in [5, 5.41) is 6.16. The van der Waals surface area contributed by atoms with Crippen molar-refractivity contribution in [2.24, 2.45) is 0 Å². The zero-order valence-electron chi connectivity index (χ0n) is 22.8. The molecule has 2 aromatic heterocycles. The number of pyridine rings is 1. The number of anilines is 2. The lowest BCUT2D eigenvalue weighted by Crippen LogP contribution is -2.47. The Bertz CT molecular complexity index is 1700. The van der Waals surface area contributed by atoms with Gasteiger partial charge in [0.25, 0.3) is 11.8 Å². The molecule has 2 aliphatic rings. The first-order valence-electron chi connectivity index (χ1n) is 13.5. The molecular formula is C30H32FN5O5S. The highest BCUT2D eigenvalue weighted by Gasteiger charge is 2.20. The van der Waals surface area contributed by atoms with Crippen molar-refractivity contribution >= 4 is 50.6 Å². The molecule has 2 aliphatic heterocycles. The first kappa shape index (κ1) is 27.6. The van der Waals surface area contributed by atoms with E-state index in [9.17, 15) is 18.8 Å². The SMILES string of the molecule is CC(=O)N1CCN(Cc2ccc3cc(C(=O)Nc4cc(NC(=O)c5ccc6c(c5)OCCO6)ccc4F)sc3n2)CC1.[HH].[HH]. The average molecular weight is 594 g/mol. The minimum absolute atomic E-state index is 0. The third-order valence-corrected chi connectivity index (χ3v) is 8.19. The van der Waals surface area contributed by atoms with Gasteiger partial charge in [-0.15, -0.1) is 11.3 Å². The van der Waals surface area contributed by atoms with Gasteiger partial charge in [-0.3, -0.25) is 19.3 Å². The number of carbonyl (C=O) groups excluding carboxylic acids is 3. The van der Waals surface area contributed by atoms with Crippen LogP contribution in [-0.2, 0) is 11.3 Å². The zero-order chi connectivity index (χ0) is 29.2. The molecule has 1 saturated heterocycles. The highest BCUT2D eigenvalue weighted by atomic mass is 32.1. The van der Waals surface area contributed by atoms with Crippen molar-refractivity contribution < 1.29 is 31.1 Å². The molecule has 12 heteroatoms. The number of halogens is 1. The van der Waals surface area contributed by atoms with Crippen LogP contribution in [0.2, 0.25) is 0 Å². The van der Waals surface area contributed by atoms with Gasteiger partial charge in [0.1, 0.15) is 23.9 Å². The van der Waals surface area contributed by atoms with Crippen molar-refractivity contribution in [2.45, 2.75) is 13.5 Å². The number of nitrogens with zero attached hydrogens (tertiary/aromatic N) is 3. The lowest BCUT2D eigenvalue weighted by molar-refractivity contribution is -0.130. The van der Waals surface area contributed by atoms with Gasteiger partial charge in [0.05, 0.1) is 16.3 Å². The van der Waals surface area contributed by atoms with E-state index in [4.69, 9.17) is 14.5 Å². The van der Waals surface area contributed by atoms with Gasteiger partial charge in [0, 0.05) is 59.1 Å². The third-order valence-electron chi connectivity index (χ3n) is 7.14. The standard InChI is InChI=1S/C30H28FN5O5S.2H2/c1-18(37)36-10-8-35(9-11-36)17-22-4-2-20-15-27(42-30(20)33-22)29(39)34-24-16-21(5-6-23(24)31)32-28(38)19-3-7-25-26(14-19)41-13-12-40-25;;/h2-7,14-16H,8-13,17H2,1H3,(H,32,38)(H,34,39);2*1H. The molecule has 0 bridgehead atoms. The molecule has 10 nitrogen and oxygen atoms in total. The largest absolute Gasteiger partial charge is 0.486 e. The van der Waals surface area contributed by atoms with Crippen molar-refractivity contribution in [2.75, 3.05) is 50.0 Å². The van der Waals surface area contributed by atoms with Gasteiger partial charge in [-0.25, -0.2) is 9.37 Å². The number of ether oxygens (including phenoxy) is 2. The van der Waals surface area contributed by atoms with E-state index in [2.05, 4.69) is 15.5 Å². The van der Waals surface area contributed by atoms with Gasteiger partial charge < -0.3 is 25.0 Å². The summed E-state index contributed by atoms with van der Waals surface area (Å²) in [6, 6.07) is 14.4. The molecule has 0 saturated carbocycles. The Labute approximate surface area is 248 Å². The molecule has 4 aromatic rings. The zero-order valence-corrected chi connectivity index (χ0v) is 23.6. The molecule has 2 aromatic carbocycles. The fourth-order valence-electron chi connectivity index (χ4n) is 4.88. The molecule has 0 aliphatic carbocycles. The molecule has 0 spiro atoms. The Morgan fingerprint density at radius 1 is 0.929 bits per heavy atom. The number of hydrogen-bond acceptors (Lipinski definition) is 8. The van der Waals surface area contributed by atoms with Gasteiger partial charge >= 0.3 is 0 Å². The van der Waals surface area contributed by atoms with E-state index in [-0.39, 0.29) is 14.4 Å². The second kappa shape index (κ2) is 11.7. The van der Waals surface area contributed by atoms with Crippen molar-refractivity contribution in [3.8, 4) is 11.5 Å². The van der Waals surface area contributed by atoms with E-state index in [0.29, 0.717) is 65.3 Å². The van der Waals surface area contributed by atoms with Crippen LogP contribution in [0.15, 0.2) is 54.6 Å². The van der Waals surface area contributed by atoms with Gasteiger partial charge in [0.15, 0.2) is 11.5 Å². The quantitative estimate of drug-likeness (QED) is 0.328. The minimum Gasteiger partial charge on any atom is -0.486 e. The molecule has 220 valence electrons. The number of carbonyl (C=O) groups is 3. The van der Waals surface area contributed by atoms with Gasteiger partial charge in [0.2, 0.25) is 5.91 Å². The Morgan fingerprint density at radius 2 is 1.71 bits per heavy atom. The smallest absolute Gasteiger partial charge is 0.265 e. The number of fused-ring (bicyclic) bond motifs is 2. The van der Waals surface area contributed by atoms with Crippen LogP contribution in [0.1, 0.15) is 35.5 Å². The molecule has 42 heavy (non-hydrogen) atoms. The van der Waals surface area contributed by atoms with E-state index < -0.39 is 17.6 Å². The van der Waals surface area contributed by atoms with Gasteiger partial charge in [-0.1, -0.05) is 6.07 Å². The number of piperazine rings is 1. The second-order valence-corrected chi connectivity index (χ2v) is 11.1. The maximum atomic E-state index is 14.6. The van der Waals surface area contributed by atoms with Crippen molar-refractivity contribution in [3.63, 3.8) is 0 Å². The van der Waals surface area contributed by atoms with E-state index in [1.807, 2.05) is 17.0 Å². The van der Waals surface area contributed by atoms with E-state index in [1.165, 1.54) is 29.5 Å². The van der Waals surface area contributed by atoms with E-state index in [0.717, 1.165) is 24.2 Å². The van der Waals surface area contributed by atoms with Crippen LogP contribution in [0.3, 0.4) is 0 Å². The maximum Gasteiger partial charge on any atom is 0.265 e. The van der Waals surface area contributed by atoms with Crippen molar-refractivity contribution in [1.29, 1.82) is 0 Å². The van der Waals surface area contributed by atoms with Crippen LogP contribution < -0.4 is 20.1 Å². The number of rotatable bonds is 6. The second-order valence-electron chi connectivity index (χ2n) is 10.1. The molecule has 0 atom stereocenters. The number of hydrogen-bond donors (Lipinski definition) is 2. The monoisotopic (exact) mass is 593 g/mol. The van der Waals surface area contributed by atoms with Crippen LogP contribution >= 0.6 is 11.3 Å². The molecule has 0 radical (unpaired) electrons. The van der Waals surface area contributed by atoms with E-state index in [1.54, 1.807) is 31.2 Å². The normalized spacial score (nSPS) is 15.0. The summed E-state index contributed by atoms with van der Waals surface area (Å²) in [4.78, 5) is 47.4. The summed E-state index contributed by atoms with van der Waals surface area (Å²) < 4.78 is 25.7. The Balaban J connectivity index is 0.00000221. The average Bonchev–Trinajstić information content (AvgIpc) is 3.43. The van der Waals surface area contributed by atoms with Crippen LogP contribution in [-0.4, -0.2) is 71.9 Å². The lowest BCUT2D eigenvalue weighted by Gasteiger charge is -2.33. The molecule has 0 unspecified atom stereocenters. The maximum absolute atomic E-state index is 14.6. The molecule has 1 fully saturated rings. The highest BCUT2D eigenvalue weighted by molar-refractivity contribution is 7.20. The molecule has 4 heterocycles. The summed E-state index contributed by atoms with van der Waals surface area (Å²) in [6.07, 6.45) is 0. The number of benzene rings is 2. The van der Waals surface area contributed by atoms with E-state index >= 15 is 0 Å². The number of thiophene rings is 1. The minimum atomic E-state index is -0.632. The predicted molar refractivity (Wildman–Crippen MR) is 161 cm³/mol. The molecule has 2 N–H and O–H groups in total. The first-order chi connectivity index (χ1) is 20.3. The lowest BCUT2D eigenvalue weighted by atomic mass is 10.1. The molecule has 6 rings (SSSR count). The van der Waals surface area contributed by atoms with Gasteiger partial charge in [-0.05, 0) is 48.5 Å². The van der Waals surface area contributed by atoms with Gasteiger partial charge in [-0.2, -0.15) is 0 Å². The van der Waals surface area contributed by atoms with Crippen molar-refractivity contribution in [3.05, 3.63) is 76.5 Å². The van der Waals surface area contributed by atoms with Crippen LogP contribution in [0, 0.1) is 5.82 Å². The predicted octanol–water partition coefficient (Wildman–Crippen LogP) is 4.87. The fraction of sp³-hybridized carbons (Fsp3) is 0.267. The first-order valence-corrected chi connectivity index (χ1v) is 14.3. The summed E-state index contributed by atoms with van der Waals surface area (Å²) in [6.45, 7) is 6.03. The number of aromatic nitrogens is 1. The number of amides is 3. The molecular weight excluding hydrogens is 561 g/mol. The highest BCUT2D eigenvalue weighted by Crippen LogP contribution is 2.31. The summed E-state index contributed by atoms with van der Waals surface area (Å²) >= 11 is 1.23. The fourth-order valence-corrected chi connectivity index (χ4v) is 5.82.